The summed E-state index contributed by atoms with van der Waals surface area (Å²) in [5.74, 6) is 0.413. The molecule has 4 N–H and O–H groups in total. The average Bonchev–Trinajstić information content (AvgIpc) is 2.93. The van der Waals surface area contributed by atoms with E-state index in [1.165, 1.54) is 6.33 Å². The van der Waals surface area contributed by atoms with Gasteiger partial charge in [-0.2, -0.15) is 0 Å². The van der Waals surface area contributed by atoms with Crippen LogP contribution in [0.15, 0.2) is 18.6 Å². The first-order valence-electron chi connectivity index (χ1n) is 5.72. The van der Waals surface area contributed by atoms with Gasteiger partial charge < -0.3 is 25.3 Å². The predicted octanol–water partition coefficient (Wildman–Crippen LogP) is -0.346. The molecule has 2 aromatic rings. The highest BCUT2D eigenvalue weighted by molar-refractivity contribution is 5.86. The molecule has 0 bridgehead atoms. The van der Waals surface area contributed by atoms with E-state index in [0.29, 0.717) is 17.9 Å². The molecule has 96 valence electrons. The highest BCUT2D eigenvalue weighted by Gasteiger charge is 2.34. The summed E-state index contributed by atoms with van der Waals surface area (Å²) in [7, 11) is 0. The number of hydrogen-bond acceptors (Lipinski definition) is 6. The summed E-state index contributed by atoms with van der Waals surface area (Å²) < 4.78 is 7.37. The fraction of sp³-hybridized carbons (Fsp3) is 0.455. The van der Waals surface area contributed by atoms with Crippen molar-refractivity contribution in [2.45, 2.75) is 24.9 Å². The number of nitrogens with zero attached hydrogens (tertiary/aromatic N) is 3. The molecule has 0 aliphatic carbocycles. The maximum Gasteiger partial charge on any atom is 0.147 e. The van der Waals surface area contributed by atoms with E-state index in [2.05, 4.69) is 9.97 Å². The Kier molecular flexibility index (Phi) is 2.66. The second-order valence-corrected chi connectivity index (χ2v) is 4.33. The summed E-state index contributed by atoms with van der Waals surface area (Å²) >= 11 is 0. The summed E-state index contributed by atoms with van der Waals surface area (Å²) in [4.78, 5) is 8.09. The Labute approximate surface area is 103 Å². The van der Waals surface area contributed by atoms with E-state index in [4.69, 9.17) is 15.6 Å². The van der Waals surface area contributed by atoms with E-state index in [0.717, 1.165) is 5.39 Å². The van der Waals surface area contributed by atoms with Crippen LogP contribution in [0.4, 0.5) is 5.82 Å². The normalized spacial score (nSPS) is 28.0. The molecule has 1 aliphatic heterocycles. The van der Waals surface area contributed by atoms with Gasteiger partial charge in [0.15, 0.2) is 0 Å². The largest absolute Gasteiger partial charge is 0.394 e. The maximum atomic E-state index is 9.73. The quantitative estimate of drug-likeness (QED) is 0.673. The molecule has 1 unspecified atom stereocenters. The lowest BCUT2D eigenvalue weighted by Gasteiger charge is -2.14. The van der Waals surface area contributed by atoms with E-state index in [1.54, 1.807) is 10.8 Å². The fourth-order valence-electron chi connectivity index (χ4n) is 2.27. The van der Waals surface area contributed by atoms with Crippen molar-refractivity contribution in [1.82, 2.24) is 14.5 Å². The number of nitrogens with two attached hydrogens (primary N) is 1. The Bertz CT molecular complexity index is 570. The van der Waals surface area contributed by atoms with Gasteiger partial charge in [0.25, 0.3) is 0 Å². The molecule has 0 amide bonds. The first-order chi connectivity index (χ1) is 8.70. The molecule has 3 heterocycles. The van der Waals surface area contributed by atoms with Gasteiger partial charge >= 0.3 is 0 Å². The monoisotopic (exact) mass is 250 g/mol. The molecule has 18 heavy (non-hydrogen) atoms. The van der Waals surface area contributed by atoms with Gasteiger partial charge in [0.05, 0.1) is 18.1 Å². The van der Waals surface area contributed by atoms with Crippen LogP contribution in [-0.2, 0) is 4.74 Å². The lowest BCUT2D eigenvalue weighted by Crippen LogP contribution is -2.24. The zero-order valence-corrected chi connectivity index (χ0v) is 9.60. The van der Waals surface area contributed by atoms with Crippen LogP contribution in [0.2, 0.25) is 0 Å². The molecule has 1 saturated heterocycles. The van der Waals surface area contributed by atoms with Crippen LogP contribution in [0.3, 0.4) is 0 Å². The highest BCUT2D eigenvalue weighted by Crippen LogP contribution is 2.31. The van der Waals surface area contributed by atoms with Gasteiger partial charge in [-0.25, -0.2) is 9.97 Å². The Morgan fingerprint density at radius 2 is 2.33 bits per heavy atom. The highest BCUT2D eigenvalue weighted by atomic mass is 16.5. The molecule has 3 rings (SSSR count). The number of aromatic nitrogens is 3. The standard InChI is InChI=1S/C11H14N4O3/c12-10-6-1-2-15(11(6)14-5-13-10)9-3-7(17)8(4-16)18-9/h1-2,5,7-9,16-17H,3-4H2,(H2,12,13,14)/t7?,8-,9-/m0/s1. The van der Waals surface area contributed by atoms with Crippen LogP contribution in [0, 0.1) is 0 Å². The van der Waals surface area contributed by atoms with E-state index in [1.807, 2.05) is 6.07 Å². The molecule has 7 nitrogen and oxygen atoms in total. The topological polar surface area (TPSA) is 106 Å². The van der Waals surface area contributed by atoms with Crippen molar-refractivity contribution in [3.8, 4) is 0 Å². The van der Waals surface area contributed by atoms with Crippen molar-refractivity contribution in [3.05, 3.63) is 18.6 Å². The molecule has 0 saturated carbocycles. The first kappa shape index (κ1) is 11.4. The third kappa shape index (κ3) is 1.64. The molecule has 1 fully saturated rings. The summed E-state index contributed by atoms with van der Waals surface area (Å²) in [6.45, 7) is -0.200. The van der Waals surface area contributed by atoms with E-state index < -0.39 is 12.2 Å². The number of anilines is 1. The minimum absolute atomic E-state index is 0.200. The third-order valence-corrected chi connectivity index (χ3v) is 3.23. The predicted molar refractivity (Wildman–Crippen MR) is 63.6 cm³/mol. The third-order valence-electron chi connectivity index (χ3n) is 3.23. The molecular formula is C11H14N4O3. The SMILES string of the molecule is Nc1ncnc2c1ccn2[C@@H]1CC(O)[C@H](CO)O1. The number of fused-ring (bicyclic) bond motifs is 1. The second-order valence-electron chi connectivity index (χ2n) is 4.33. The smallest absolute Gasteiger partial charge is 0.147 e. The van der Waals surface area contributed by atoms with E-state index >= 15 is 0 Å². The van der Waals surface area contributed by atoms with Crippen molar-refractivity contribution in [3.63, 3.8) is 0 Å². The fourth-order valence-corrected chi connectivity index (χ4v) is 2.27. The van der Waals surface area contributed by atoms with Crippen LogP contribution in [0.1, 0.15) is 12.6 Å². The molecule has 1 aliphatic rings. The van der Waals surface area contributed by atoms with Crippen LogP contribution < -0.4 is 5.73 Å². The van der Waals surface area contributed by atoms with Crippen LogP contribution in [0.5, 0.6) is 0 Å². The van der Waals surface area contributed by atoms with Crippen LogP contribution in [-0.4, -0.2) is 43.6 Å². The second kappa shape index (κ2) is 4.20. The number of ether oxygens (including phenoxy) is 1. The lowest BCUT2D eigenvalue weighted by atomic mass is 10.2. The zero-order valence-electron chi connectivity index (χ0n) is 9.60. The Morgan fingerprint density at radius 1 is 1.50 bits per heavy atom. The summed E-state index contributed by atoms with van der Waals surface area (Å²) in [5.41, 5.74) is 6.42. The van der Waals surface area contributed by atoms with E-state index in [-0.39, 0.29) is 12.8 Å². The minimum Gasteiger partial charge on any atom is -0.394 e. The number of rotatable bonds is 2. The van der Waals surface area contributed by atoms with Gasteiger partial charge in [-0.05, 0) is 6.07 Å². The number of nitrogen functional groups attached to an aromatic ring is 1. The van der Waals surface area contributed by atoms with Crippen molar-refractivity contribution in [1.29, 1.82) is 0 Å². The molecule has 3 atom stereocenters. The van der Waals surface area contributed by atoms with Gasteiger partial charge in [-0.1, -0.05) is 0 Å². The summed E-state index contributed by atoms with van der Waals surface area (Å²) in [6.07, 6.45) is 2.04. The lowest BCUT2D eigenvalue weighted by molar-refractivity contribution is -0.0430. The van der Waals surface area contributed by atoms with Gasteiger partial charge in [-0.3, -0.25) is 0 Å². The van der Waals surface area contributed by atoms with Crippen molar-refractivity contribution < 1.29 is 14.9 Å². The molecular weight excluding hydrogens is 236 g/mol. The number of hydrogen-bond donors (Lipinski definition) is 3. The molecule has 0 aromatic carbocycles. The number of aliphatic hydroxyl groups excluding tert-OH is 2. The molecule has 2 aromatic heterocycles. The minimum atomic E-state index is -0.670. The van der Waals surface area contributed by atoms with Crippen molar-refractivity contribution >= 4 is 16.9 Å². The Balaban J connectivity index is 1.99. The van der Waals surface area contributed by atoms with Gasteiger partial charge in [-0.15, -0.1) is 0 Å². The van der Waals surface area contributed by atoms with Gasteiger partial charge in [0.2, 0.25) is 0 Å². The van der Waals surface area contributed by atoms with Crippen LogP contribution in [0.25, 0.3) is 11.0 Å². The molecule has 0 radical (unpaired) electrons. The van der Waals surface area contributed by atoms with Crippen molar-refractivity contribution in [2.75, 3.05) is 12.3 Å². The zero-order chi connectivity index (χ0) is 12.7. The van der Waals surface area contributed by atoms with E-state index in [9.17, 15) is 5.11 Å². The van der Waals surface area contributed by atoms with Gasteiger partial charge in [0.1, 0.15) is 30.1 Å². The van der Waals surface area contributed by atoms with Crippen molar-refractivity contribution in [2.24, 2.45) is 0 Å². The Hall–Kier alpha value is -1.70. The van der Waals surface area contributed by atoms with Crippen LogP contribution >= 0.6 is 0 Å². The molecule has 0 spiro atoms. The summed E-state index contributed by atoms with van der Waals surface area (Å²) in [6, 6.07) is 1.81. The first-order valence-corrected chi connectivity index (χ1v) is 5.72. The Morgan fingerprint density at radius 3 is 3.06 bits per heavy atom. The molecule has 7 heteroatoms. The van der Waals surface area contributed by atoms with Gasteiger partial charge in [0, 0.05) is 12.6 Å². The maximum absolute atomic E-state index is 9.73. The average molecular weight is 250 g/mol. The number of aliphatic hydroxyl groups is 2. The summed E-state index contributed by atoms with van der Waals surface area (Å²) in [5, 5.41) is 19.6.